The van der Waals surface area contributed by atoms with Crippen molar-refractivity contribution in [3.63, 3.8) is 0 Å². The lowest BCUT2D eigenvalue weighted by molar-refractivity contribution is -0.119. The molecule has 9 nitrogen and oxygen atoms in total. The third-order valence-electron chi connectivity index (χ3n) is 8.04. The SMILES string of the molecule is C[C@H](C[C@H](N)[C@H](Cc1ccccc1)NC(=O)c1cc(OCC2CC2)cc(N2CCCS2(=O)=O)c1)C(=O)Nc1ccc(F)cc1. The highest BCUT2D eigenvalue weighted by atomic mass is 32.2. The van der Waals surface area contributed by atoms with Crippen molar-refractivity contribution in [3.8, 4) is 5.75 Å². The number of benzene rings is 3. The maximum Gasteiger partial charge on any atom is 0.251 e. The van der Waals surface area contributed by atoms with Crippen molar-refractivity contribution in [1.29, 1.82) is 0 Å². The second-order valence-corrected chi connectivity index (χ2v) is 13.8. The Bertz CT molecular complexity index is 1560. The van der Waals surface area contributed by atoms with Crippen LogP contribution in [0.1, 0.15) is 48.5 Å². The van der Waals surface area contributed by atoms with Crippen molar-refractivity contribution in [2.75, 3.05) is 28.5 Å². The quantitative estimate of drug-likeness (QED) is 0.258. The van der Waals surface area contributed by atoms with Crippen LogP contribution in [-0.4, -0.2) is 51.2 Å². The van der Waals surface area contributed by atoms with E-state index in [1.54, 1.807) is 25.1 Å². The predicted octanol–water partition coefficient (Wildman–Crippen LogP) is 4.49. The van der Waals surface area contributed by atoms with Crippen LogP contribution in [0.2, 0.25) is 0 Å². The first kappa shape index (κ1) is 31.5. The molecule has 44 heavy (non-hydrogen) atoms. The van der Waals surface area contributed by atoms with E-state index in [2.05, 4.69) is 10.6 Å². The summed E-state index contributed by atoms with van der Waals surface area (Å²) in [6.07, 6.45) is 3.38. The summed E-state index contributed by atoms with van der Waals surface area (Å²) in [5.41, 5.74) is 8.77. The highest BCUT2D eigenvalue weighted by Gasteiger charge is 2.31. The molecule has 0 bridgehead atoms. The zero-order valence-corrected chi connectivity index (χ0v) is 25.6. The van der Waals surface area contributed by atoms with Gasteiger partial charge in [0.05, 0.1) is 18.0 Å². The Balaban J connectivity index is 1.34. The Labute approximate surface area is 258 Å². The van der Waals surface area contributed by atoms with Crippen molar-refractivity contribution >= 4 is 33.2 Å². The lowest BCUT2D eigenvalue weighted by atomic mass is 9.92. The molecule has 1 aliphatic carbocycles. The van der Waals surface area contributed by atoms with Crippen LogP contribution in [0.4, 0.5) is 15.8 Å². The van der Waals surface area contributed by atoms with Crippen molar-refractivity contribution in [2.45, 2.75) is 51.1 Å². The fourth-order valence-electron chi connectivity index (χ4n) is 5.28. The highest BCUT2D eigenvalue weighted by molar-refractivity contribution is 7.93. The maximum absolute atomic E-state index is 13.8. The second-order valence-electron chi connectivity index (χ2n) is 11.8. The Morgan fingerprint density at radius 1 is 1.07 bits per heavy atom. The number of nitrogens with two attached hydrogens (primary N) is 1. The number of ether oxygens (including phenoxy) is 1. The number of nitrogens with zero attached hydrogens (tertiary/aromatic N) is 1. The van der Waals surface area contributed by atoms with Crippen molar-refractivity contribution in [1.82, 2.24) is 5.32 Å². The first-order valence-corrected chi connectivity index (χ1v) is 16.6. The van der Waals surface area contributed by atoms with Gasteiger partial charge in [0.15, 0.2) is 0 Å². The van der Waals surface area contributed by atoms with Crippen LogP contribution in [-0.2, 0) is 21.2 Å². The number of nitrogens with one attached hydrogen (secondary N) is 2. The Morgan fingerprint density at radius 3 is 2.45 bits per heavy atom. The normalized spacial score (nSPS) is 17.8. The zero-order chi connectivity index (χ0) is 31.3. The van der Waals surface area contributed by atoms with Gasteiger partial charge in [-0.15, -0.1) is 0 Å². The van der Waals surface area contributed by atoms with E-state index in [0.717, 1.165) is 18.4 Å². The van der Waals surface area contributed by atoms with Crippen LogP contribution >= 0.6 is 0 Å². The van der Waals surface area contributed by atoms with Crippen molar-refractivity contribution < 1.29 is 27.1 Å². The number of carbonyl (C=O) groups excluding carboxylic acids is 2. The lowest BCUT2D eigenvalue weighted by Gasteiger charge is -2.28. The maximum atomic E-state index is 13.8. The summed E-state index contributed by atoms with van der Waals surface area (Å²) < 4.78 is 46.0. The predicted molar refractivity (Wildman–Crippen MR) is 169 cm³/mol. The van der Waals surface area contributed by atoms with Crippen LogP contribution in [0, 0.1) is 17.7 Å². The molecule has 1 saturated heterocycles. The van der Waals surface area contributed by atoms with Gasteiger partial charge in [-0.1, -0.05) is 37.3 Å². The summed E-state index contributed by atoms with van der Waals surface area (Å²) in [6.45, 7) is 2.61. The fraction of sp³-hybridized carbons (Fsp3) is 0.394. The van der Waals surface area contributed by atoms with Crippen LogP contribution in [0.15, 0.2) is 72.8 Å². The van der Waals surface area contributed by atoms with Crippen molar-refractivity contribution in [3.05, 3.63) is 89.7 Å². The van der Waals surface area contributed by atoms with Gasteiger partial charge in [-0.3, -0.25) is 13.9 Å². The molecule has 2 amide bonds. The average Bonchev–Trinajstić information content (AvgIpc) is 3.77. The van der Waals surface area contributed by atoms with Gasteiger partial charge >= 0.3 is 0 Å². The van der Waals surface area contributed by atoms with Gasteiger partial charge in [0.25, 0.3) is 5.91 Å². The molecule has 0 aromatic heterocycles. The van der Waals surface area contributed by atoms with Gasteiger partial charge in [-0.25, -0.2) is 12.8 Å². The lowest BCUT2D eigenvalue weighted by Crippen LogP contribution is -2.50. The number of carbonyl (C=O) groups is 2. The van der Waals surface area contributed by atoms with Gasteiger partial charge in [-0.2, -0.15) is 0 Å². The number of sulfonamides is 1. The minimum atomic E-state index is -3.47. The van der Waals surface area contributed by atoms with E-state index >= 15 is 0 Å². The minimum Gasteiger partial charge on any atom is -0.493 e. The smallest absolute Gasteiger partial charge is 0.251 e. The molecular weight excluding hydrogens is 583 g/mol. The monoisotopic (exact) mass is 622 g/mol. The van der Waals surface area contributed by atoms with E-state index in [4.69, 9.17) is 10.5 Å². The fourth-order valence-corrected chi connectivity index (χ4v) is 6.83. The Morgan fingerprint density at radius 2 is 1.80 bits per heavy atom. The summed E-state index contributed by atoms with van der Waals surface area (Å²) in [5.74, 6) is -0.613. The third kappa shape index (κ3) is 8.35. The number of anilines is 2. The molecule has 1 aliphatic heterocycles. The number of hydrogen-bond donors (Lipinski definition) is 3. The van der Waals surface area contributed by atoms with E-state index in [1.165, 1.54) is 28.6 Å². The molecule has 5 rings (SSSR count). The van der Waals surface area contributed by atoms with Crippen LogP contribution < -0.4 is 25.4 Å². The number of rotatable bonds is 13. The molecule has 2 aliphatic rings. The molecule has 2 fully saturated rings. The van der Waals surface area contributed by atoms with E-state index in [0.29, 0.717) is 49.0 Å². The molecule has 0 spiro atoms. The van der Waals surface area contributed by atoms with Gasteiger partial charge in [0, 0.05) is 41.9 Å². The largest absolute Gasteiger partial charge is 0.493 e. The summed E-state index contributed by atoms with van der Waals surface area (Å²) in [7, 11) is -3.47. The molecule has 4 N–H and O–H groups in total. The van der Waals surface area contributed by atoms with Gasteiger partial charge < -0.3 is 21.1 Å². The number of amides is 2. The molecule has 1 saturated carbocycles. The average molecular weight is 623 g/mol. The molecular formula is C33H39FN4O5S. The van der Waals surface area contributed by atoms with Crippen LogP contribution in [0.3, 0.4) is 0 Å². The summed E-state index contributed by atoms with van der Waals surface area (Å²) in [6, 6.07) is 18.9. The first-order chi connectivity index (χ1) is 21.1. The third-order valence-corrected chi connectivity index (χ3v) is 9.91. The number of hydrogen-bond acceptors (Lipinski definition) is 6. The Hall–Kier alpha value is -3.96. The minimum absolute atomic E-state index is 0.0581. The molecule has 1 heterocycles. The molecule has 3 aromatic carbocycles. The summed E-state index contributed by atoms with van der Waals surface area (Å²) in [5, 5.41) is 5.85. The molecule has 234 valence electrons. The Kier molecular flexibility index (Phi) is 9.85. The number of halogens is 1. The first-order valence-electron chi connectivity index (χ1n) is 15.0. The van der Waals surface area contributed by atoms with Gasteiger partial charge in [-0.05, 0) is 80.0 Å². The van der Waals surface area contributed by atoms with Crippen LogP contribution in [0.5, 0.6) is 5.75 Å². The van der Waals surface area contributed by atoms with Crippen LogP contribution in [0.25, 0.3) is 0 Å². The molecule has 3 aromatic rings. The van der Waals surface area contributed by atoms with Gasteiger partial charge in [0.1, 0.15) is 11.6 Å². The molecule has 0 unspecified atom stereocenters. The van der Waals surface area contributed by atoms with E-state index in [1.807, 2.05) is 30.3 Å². The summed E-state index contributed by atoms with van der Waals surface area (Å²) in [4.78, 5) is 26.7. The topological polar surface area (TPSA) is 131 Å². The molecule has 0 radical (unpaired) electrons. The van der Waals surface area contributed by atoms with Crippen molar-refractivity contribution in [2.24, 2.45) is 17.6 Å². The van der Waals surface area contributed by atoms with E-state index in [-0.39, 0.29) is 23.6 Å². The van der Waals surface area contributed by atoms with E-state index < -0.39 is 39.7 Å². The van der Waals surface area contributed by atoms with Gasteiger partial charge in [0.2, 0.25) is 15.9 Å². The highest BCUT2D eigenvalue weighted by Crippen LogP contribution is 2.33. The summed E-state index contributed by atoms with van der Waals surface area (Å²) >= 11 is 0. The standard InChI is InChI=1S/C33H39FN4O5S/c1-22(32(39)36-27-12-10-26(34)11-13-27)16-30(35)31(17-23-6-3-2-4-7-23)37-33(40)25-18-28(38-14-5-15-44(38,41)42)20-29(19-25)43-21-24-8-9-24/h2-4,6-7,10-13,18-20,22,24,30-31H,5,8-9,14-17,21,35H2,1H3,(H,36,39)(H,37,40)/t22-,30+,31+/m1/s1. The zero-order valence-electron chi connectivity index (χ0n) is 24.7. The molecule has 3 atom stereocenters. The second kappa shape index (κ2) is 13.8. The molecule has 11 heteroatoms. The van der Waals surface area contributed by atoms with E-state index in [9.17, 15) is 22.4 Å².